The van der Waals surface area contributed by atoms with E-state index in [0.29, 0.717) is 5.69 Å². The lowest BCUT2D eigenvalue weighted by Gasteiger charge is -2.15. The van der Waals surface area contributed by atoms with Gasteiger partial charge in [0.2, 0.25) is 11.8 Å². The monoisotopic (exact) mass is 278 g/mol. The van der Waals surface area contributed by atoms with E-state index in [4.69, 9.17) is 0 Å². The van der Waals surface area contributed by atoms with Crippen LogP contribution in [-0.2, 0) is 14.3 Å². The molecule has 0 heterocycles. The van der Waals surface area contributed by atoms with E-state index < -0.39 is 17.9 Å². The molecule has 0 aromatic heterocycles. The van der Waals surface area contributed by atoms with Crippen LogP contribution in [0.15, 0.2) is 18.2 Å². The second kappa shape index (κ2) is 6.70. The fraction of sp³-hybridized carbons (Fsp3) is 0.357. The summed E-state index contributed by atoms with van der Waals surface area (Å²) in [5, 5.41) is 5.07. The van der Waals surface area contributed by atoms with Crippen molar-refractivity contribution in [3.63, 3.8) is 0 Å². The summed E-state index contributed by atoms with van der Waals surface area (Å²) in [7, 11) is 1.27. The molecule has 0 bridgehead atoms. The maximum absolute atomic E-state index is 11.9. The van der Waals surface area contributed by atoms with E-state index in [1.54, 1.807) is 25.1 Å². The number of benzene rings is 1. The predicted molar refractivity (Wildman–Crippen MR) is 74.4 cm³/mol. The lowest BCUT2D eigenvalue weighted by molar-refractivity contribution is -0.124. The molecule has 0 aliphatic carbocycles. The van der Waals surface area contributed by atoms with Crippen molar-refractivity contribution in [2.75, 3.05) is 12.4 Å². The van der Waals surface area contributed by atoms with Crippen molar-refractivity contribution < 1.29 is 19.1 Å². The summed E-state index contributed by atoms with van der Waals surface area (Å²) in [4.78, 5) is 34.5. The first-order valence-electron chi connectivity index (χ1n) is 6.12. The van der Waals surface area contributed by atoms with Gasteiger partial charge >= 0.3 is 5.97 Å². The van der Waals surface area contributed by atoms with Crippen LogP contribution in [0.2, 0.25) is 0 Å². The minimum absolute atomic E-state index is 0.274. The van der Waals surface area contributed by atoms with E-state index in [-0.39, 0.29) is 11.5 Å². The Balaban J connectivity index is 2.94. The molecule has 108 valence electrons. The Morgan fingerprint density at radius 3 is 2.45 bits per heavy atom. The van der Waals surface area contributed by atoms with Crippen molar-refractivity contribution in [2.45, 2.75) is 26.8 Å². The molecule has 0 fully saturated rings. The molecule has 6 heteroatoms. The third-order valence-corrected chi connectivity index (χ3v) is 2.65. The second-order valence-electron chi connectivity index (χ2n) is 4.45. The van der Waals surface area contributed by atoms with Crippen LogP contribution in [0.3, 0.4) is 0 Å². The number of carbonyl (C=O) groups is 3. The first-order chi connectivity index (χ1) is 9.35. The zero-order valence-corrected chi connectivity index (χ0v) is 11.9. The Morgan fingerprint density at radius 2 is 1.90 bits per heavy atom. The quantitative estimate of drug-likeness (QED) is 0.812. The SMILES string of the molecule is COC(=O)c1cc(C)ccc1NC(=O)C(C)NC(C)=O. The Bertz CT molecular complexity index is 540. The van der Waals surface area contributed by atoms with Crippen LogP contribution in [-0.4, -0.2) is 30.9 Å². The maximum atomic E-state index is 11.9. The Hall–Kier alpha value is -2.37. The van der Waals surface area contributed by atoms with Crippen LogP contribution >= 0.6 is 0 Å². The van der Waals surface area contributed by atoms with Crippen LogP contribution in [0.1, 0.15) is 29.8 Å². The lowest BCUT2D eigenvalue weighted by Crippen LogP contribution is -2.40. The molecule has 2 amide bonds. The van der Waals surface area contributed by atoms with Crippen molar-refractivity contribution in [1.29, 1.82) is 0 Å². The number of aryl methyl sites for hydroxylation is 1. The van der Waals surface area contributed by atoms with Gasteiger partial charge in [0.15, 0.2) is 0 Å². The van der Waals surface area contributed by atoms with E-state index >= 15 is 0 Å². The number of hydrogen-bond donors (Lipinski definition) is 2. The summed E-state index contributed by atoms with van der Waals surface area (Å²) in [6, 6.07) is 4.33. The Morgan fingerprint density at radius 1 is 1.25 bits per heavy atom. The highest BCUT2D eigenvalue weighted by molar-refractivity contribution is 6.03. The Kier molecular flexibility index (Phi) is 5.25. The molecule has 0 spiro atoms. The van der Waals surface area contributed by atoms with Gasteiger partial charge in [-0.2, -0.15) is 0 Å². The van der Waals surface area contributed by atoms with Gasteiger partial charge in [-0.15, -0.1) is 0 Å². The highest BCUT2D eigenvalue weighted by Gasteiger charge is 2.18. The average molecular weight is 278 g/mol. The van der Waals surface area contributed by atoms with Gasteiger partial charge < -0.3 is 15.4 Å². The Labute approximate surface area is 117 Å². The number of hydrogen-bond acceptors (Lipinski definition) is 4. The minimum atomic E-state index is -0.695. The summed E-state index contributed by atoms with van der Waals surface area (Å²) in [6.45, 7) is 4.72. The number of methoxy groups -OCH3 is 1. The third-order valence-electron chi connectivity index (χ3n) is 2.65. The van der Waals surface area contributed by atoms with Crippen molar-refractivity contribution >= 4 is 23.5 Å². The first-order valence-corrected chi connectivity index (χ1v) is 6.12. The number of ether oxygens (including phenoxy) is 1. The molecule has 1 aromatic carbocycles. The van der Waals surface area contributed by atoms with E-state index in [1.165, 1.54) is 14.0 Å². The van der Waals surface area contributed by atoms with Gasteiger partial charge in [-0.1, -0.05) is 11.6 Å². The van der Waals surface area contributed by atoms with Gasteiger partial charge in [0.25, 0.3) is 0 Å². The van der Waals surface area contributed by atoms with Gasteiger partial charge in [0.05, 0.1) is 18.4 Å². The molecule has 1 rings (SSSR count). The topological polar surface area (TPSA) is 84.5 Å². The largest absolute Gasteiger partial charge is 0.465 e. The van der Waals surface area contributed by atoms with Gasteiger partial charge in [-0.05, 0) is 26.0 Å². The fourth-order valence-corrected chi connectivity index (χ4v) is 1.66. The van der Waals surface area contributed by atoms with Crippen molar-refractivity contribution in [3.05, 3.63) is 29.3 Å². The van der Waals surface area contributed by atoms with Crippen LogP contribution in [0.25, 0.3) is 0 Å². The molecule has 0 saturated heterocycles. The molecule has 1 atom stereocenters. The number of anilines is 1. The van der Waals surface area contributed by atoms with Crippen molar-refractivity contribution in [1.82, 2.24) is 5.32 Å². The summed E-state index contributed by atoms with van der Waals surface area (Å²) < 4.78 is 4.68. The number of amides is 2. The molecule has 1 aromatic rings. The second-order valence-corrected chi connectivity index (χ2v) is 4.45. The van der Waals surface area contributed by atoms with E-state index in [9.17, 15) is 14.4 Å². The van der Waals surface area contributed by atoms with Crippen LogP contribution in [0, 0.1) is 6.92 Å². The van der Waals surface area contributed by atoms with Crippen LogP contribution < -0.4 is 10.6 Å². The van der Waals surface area contributed by atoms with Crippen LogP contribution in [0.5, 0.6) is 0 Å². The van der Waals surface area contributed by atoms with Gasteiger partial charge in [-0.25, -0.2) is 4.79 Å². The molecular formula is C14H18N2O4. The molecule has 0 radical (unpaired) electrons. The predicted octanol–water partition coefficient (Wildman–Crippen LogP) is 1.24. The molecule has 20 heavy (non-hydrogen) atoms. The molecule has 0 saturated carbocycles. The molecule has 0 aliphatic heterocycles. The summed E-state index contributed by atoms with van der Waals surface area (Å²) in [5.41, 5.74) is 1.50. The van der Waals surface area contributed by atoms with Gasteiger partial charge in [0, 0.05) is 6.92 Å². The zero-order valence-electron chi connectivity index (χ0n) is 11.9. The normalized spacial score (nSPS) is 11.4. The van der Waals surface area contributed by atoms with Gasteiger partial charge in [0.1, 0.15) is 6.04 Å². The standard InChI is InChI=1S/C14H18N2O4/c1-8-5-6-12(11(7-8)14(19)20-4)16-13(18)9(2)15-10(3)17/h5-7,9H,1-4H3,(H,15,17)(H,16,18). The summed E-state index contributed by atoms with van der Waals surface area (Å²) in [5.74, 6) is -1.24. The van der Waals surface area contributed by atoms with E-state index in [0.717, 1.165) is 5.56 Å². The molecule has 2 N–H and O–H groups in total. The molecular weight excluding hydrogens is 260 g/mol. The van der Waals surface area contributed by atoms with Crippen LogP contribution in [0.4, 0.5) is 5.69 Å². The van der Waals surface area contributed by atoms with E-state index in [1.807, 2.05) is 6.92 Å². The molecule has 6 nitrogen and oxygen atoms in total. The number of rotatable bonds is 4. The third kappa shape index (κ3) is 4.08. The highest BCUT2D eigenvalue weighted by Crippen LogP contribution is 2.18. The zero-order chi connectivity index (χ0) is 15.3. The van der Waals surface area contributed by atoms with Crippen molar-refractivity contribution in [3.8, 4) is 0 Å². The van der Waals surface area contributed by atoms with Crippen molar-refractivity contribution in [2.24, 2.45) is 0 Å². The fourth-order valence-electron chi connectivity index (χ4n) is 1.66. The summed E-state index contributed by atoms with van der Waals surface area (Å²) >= 11 is 0. The minimum Gasteiger partial charge on any atom is -0.465 e. The van der Waals surface area contributed by atoms with Gasteiger partial charge in [-0.3, -0.25) is 9.59 Å². The smallest absolute Gasteiger partial charge is 0.339 e. The molecule has 0 aliphatic rings. The maximum Gasteiger partial charge on any atom is 0.339 e. The average Bonchev–Trinajstić information content (AvgIpc) is 2.38. The highest BCUT2D eigenvalue weighted by atomic mass is 16.5. The number of nitrogens with one attached hydrogen (secondary N) is 2. The summed E-state index contributed by atoms with van der Waals surface area (Å²) in [6.07, 6.45) is 0. The molecule has 1 unspecified atom stereocenters. The first kappa shape index (κ1) is 15.7. The van der Waals surface area contributed by atoms with E-state index in [2.05, 4.69) is 15.4 Å². The number of carbonyl (C=O) groups excluding carboxylic acids is 3. The lowest BCUT2D eigenvalue weighted by atomic mass is 10.1. The number of esters is 1.